The Balaban J connectivity index is 2.49. The smallest absolute Gasteiger partial charge is 0.311 e. The summed E-state index contributed by atoms with van der Waals surface area (Å²) in [5, 5.41) is 0. The van der Waals surface area contributed by atoms with E-state index in [1.54, 1.807) is 7.11 Å². The van der Waals surface area contributed by atoms with Crippen LogP contribution in [0.2, 0.25) is 0 Å². The molecule has 3 heteroatoms. The van der Waals surface area contributed by atoms with E-state index in [9.17, 15) is 4.79 Å². The molecule has 1 aliphatic rings. The van der Waals surface area contributed by atoms with Crippen molar-refractivity contribution in [2.45, 2.75) is 25.4 Å². The first-order valence-corrected chi connectivity index (χ1v) is 3.90. The predicted octanol–water partition coefficient (Wildman–Crippen LogP) is 0.974. The van der Waals surface area contributed by atoms with E-state index >= 15 is 0 Å². The Morgan fingerprint density at radius 1 is 1.36 bits per heavy atom. The Labute approximate surface area is 66.7 Å². The second-order valence-corrected chi connectivity index (χ2v) is 2.83. The molecule has 0 N–H and O–H groups in total. The molecule has 1 saturated carbocycles. The third-order valence-corrected chi connectivity index (χ3v) is 2.26. The molecule has 0 radical (unpaired) electrons. The number of esters is 1. The summed E-state index contributed by atoms with van der Waals surface area (Å²) in [6, 6.07) is 0. The Morgan fingerprint density at radius 3 is 2.64 bits per heavy atom. The van der Waals surface area contributed by atoms with E-state index in [2.05, 4.69) is 4.74 Å². The largest absolute Gasteiger partial charge is 0.469 e. The SMILES string of the molecule is COC(=O)C1CCCC1OC. The van der Waals surface area contributed by atoms with Gasteiger partial charge in [0.05, 0.1) is 19.1 Å². The molecule has 1 rings (SSSR count). The number of hydrogen-bond donors (Lipinski definition) is 0. The zero-order valence-electron chi connectivity index (χ0n) is 7.00. The van der Waals surface area contributed by atoms with Gasteiger partial charge < -0.3 is 9.47 Å². The van der Waals surface area contributed by atoms with E-state index in [1.165, 1.54) is 7.11 Å². The van der Waals surface area contributed by atoms with Crippen molar-refractivity contribution in [1.29, 1.82) is 0 Å². The fraction of sp³-hybridized carbons (Fsp3) is 0.875. The Morgan fingerprint density at radius 2 is 2.09 bits per heavy atom. The molecule has 0 spiro atoms. The average Bonchev–Trinajstić information content (AvgIpc) is 2.50. The molecule has 0 heterocycles. The third-order valence-electron chi connectivity index (χ3n) is 2.26. The van der Waals surface area contributed by atoms with Gasteiger partial charge in [-0.3, -0.25) is 4.79 Å². The molecule has 0 saturated heterocycles. The monoisotopic (exact) mass is 158 g/mol. The van der Waals surface area contributed by atoms with Crippen molar-refractivity contribution in [2.75, 3.05) is 14.2 Å². The molecule has 64 valence electrons. The fourth-order valence-corrected chi connectivity index (χ4v) is 1.63. The highest BCUT2D eigenvalue weighted by Gasteiger charge is 2.33. The Hall–Kier alpha value is -0.570. The van der Waals surface area contributed by atoms with Crippen molar-refractivity contribution >= 4 is 5.97 Å². The van der Waals surface area contributed by atoms with Crippen LogP contribution in [0.25, 0.3) is 0 Å². The van der Waals surface area contributed by atoms with Crippen LogP contribution in [-0.4, -0.2) is 26.3 Å². The first kappa shape index (κ1) is 8.53. The molecule has 1 fully saturated rings. The van der Waals surface area contributed by atoms with Gasteiger partial charge in [0.1, 0.15) is 0 Å². The molecule has 0 aromatic rings. The number of ether oxygens (including phenoxy) is 2. The number of rotatable bonds is 2. The van der Waals surface area contributed by atoms with Crippen LogP contribution >= 0.6 is 0 Å². The number of hydrogen-bond acceptors (Lipinski definition) is 3. The lowest BCUT2D eigenvalue weighted by atomic mass is 10.1. The first-order chi connectivity index (χ1) is 5.29. The van der Waals surface area contributed by atoms with Gasteiger partial charge in [-0.2, -0.15) is 0 Å². The van der Waals surface area contributed by atoms with Gasteiger partial charge in [0.2, 0.25) is 0 Å². The second-order valence-electron chi connectivity index (χ2n) is 2.83. The number of methoxy groups -OCH3 is 2. The van der Waals surface area contributed by atoms with Crippen molar-refractivity contribution < 1.29 is 14.3 Å². The van der Waals surface area contributed by atoms with Crippen LogP contribution in [0, 0.1) is 5.92 Å². The van der Waals surface area contributed by atoms with Crippen LogP contribution in [0.3, 0.4) is 0 Å². The molecule has 1 aliphatic carbocycles. The molecular weight excluding hydrogens is 144 g/mol. The maximum absolute atomic E-state index is 11.1. The first-order valence-electron chi connectivity index (χ1n) is 3.90. The summed E-state index contributed by atoms with van der Waals surface area (Å²) in [7, 11) is 3.07. The Bertz CT molecular complexity index is 144. The van der Waals surface area contributed by atoms with Gasteiger partial charge in [-0.15, -0.1) is 0 Å². The van der Waals surface area contributed by atoms with Crippen LogP contribution in [0.5, 0.6) is 0 Å². The summed E-state index contributed by atoms with van der Waals surface area (Å²) in [5.74, 6) is -0.153. The van der Waals surface area contributed by atoms with E-state index in [1.807, 2.05) is 0 Å². The maximum Gasteiger partial charge on any atom is 0.311 e. The highest BCUT2D eigenvalue weighted by molar-refractivity contribution is 5.73. The topological polar surface area (TPSA) is 35.5 Å². The van der Waals surface area contributed by atoms with Crippen LogP contribution in [0.15, 0.2) is 0 Å². The Kier molecular flexibility index (Phi) is 2.88. The minimum absolute atomic E-state index is 0.0231. The molecule has 3 nitrogen and oxygen atoms in total. The van der Waals surface area contributed by atoms with Crippen LogP contribution < -0.4 is 0 Å². The van der Waals surface area contributed by atoms with Gasteiger partial charge in [-0.1, -0.05) is 0 Å². The quantitative estimate of drug-likeness (QED) is 0.562. The maximum atomic E-state index is 11.1. The average molecular weight is 158 g/mol. The van der Waals surface area contributed by atoms with Gasteiger partial charge >= 0.3 is 5.97 Å². The normalized spacial score (nSPS) is 30.4. The molecule has 0 aromatic heterocycles. The summed E-state index contributed by atoms with van der Waals surface area (Å²) in [6.45, 7) is 0. The van der Waals surface area contributed by atoms with Crippen LogP contribution in [0.1, 0.15) is 19.3 Å². The number of carbonyl (C=O) groups excluding carboxylic acids is 1. The second kappa shape index (κ2) is 3.72. The highest BCUT2D eigenvalue weighted by Crippen LogP contribution is 2.28. The molecule has 0 aromatic carbocycles. The van der Waals surface area contributed by atoms with E-state index in [0.29, 0.717) is 0 Å². The van der Waals surface area contributed by atoms with Crippen molar-refractivity contribution in [3.05, 3.63) is 0 Å². The van der Waals surface area contributed by atoms with Gasteiger partial charge in [0.25, 0.3) is 0 Å². The van der Waals surface area contributed by atoms with Crippen molar-refractivity contribution in [1.82, 2.24) is 0 Å². The van der Waals surface area contributed by atoms with Crippen LogP contribution in [-0.2, 0) is 14.3 Å². The molecule has 2 atom stereocenters. The van der Waals surface area contributed by atoms with Gasteiger partial charge in [-0.05, 0) is 19.3 Å². The van der Waals surface area contributed by atoms with Gasteiger partial charge in [0.15, 0.2) is 0 Å². The fourth-order valence-electron chi connectivity index (χ4n) is 1.63. The summed E-state index contributed by atoms with van der Waals surface area (Å²) in [5.41, 5.74) is 0. The zero-order chi connectivity index (χ0) is 8.27. The van der Waals surface area contributed by atoms with Crippen molar-refractivity contribution in [2.24, 2.45) is 5.92 Å². The predicted molar refractivity (Wildman–Crippen MR) is 40.2 cm³/mol. The van der Waals surface area contributed by atoms with Crippen molar-refractivity contribution in [3.8, 4) is 0 Å². The summed E-state index contributed by atoms with van der Waals surface area (Å²) >= 11 is 0. The van der Waals surface area contributed by atoms with Crippen LogP contribution in [0.4, 0.5) is 0 Å². The molecule has 11 heavy (non-hydrogen) atoms. The standard InChI is InChI=1S/C8H14O3/c1-10-7-5-3-4-6(7)8(9)11-2/h6-7H,3-5H2,1-2H3. The summed E-state index contributed by atoms with van der Waals surface area (Å²) < 4.78 is 9.79. The lowest BCUT2D eigenvalue weighted by Crippen LogP contribution is -2.25. The molecule has 2 unspecified atom stereocenters. The zero-order valence-corrected chi connectivity index (χ0v) is 7.00. The molecule has 0 amide bonds. The van der Waals surface area contributed by atoms with Gasteiger partial charge in [-0.25, -0.2) is 0 Å². The van der Waals surface area contributed by atoms with E-state index in [4.69, 9.17) is 4.74 Å². The van der Waals surface area contributed by atoms with E-state index in [0.717, 1.165) is 19.3 Å². The lowest BCUT2D eigenvalue weighted by molar-refractivity contribution is -0.149. The number of carbonyl (C=O) groups is 1. The summed E-state index contributed by atoms with van der Waals surface area (Å²) in [6.07, 6.45) is 3.04. The van der Waals surface area contributed by atoms with E-state index < -0.39 is 0 Å². The molecule has 0 bridgehead atoms. The summed E-state index contributed by atoms with van der Waals surface area (Å²) in [4.78, 5) is 11.1. The minimum Gasteiger partial charge on any atom is -0.469 e. The minimum atomic E-state index is -0.130. The van der Waals surface area contributed by atoms with Crippen molar-refractivity contribution in [3.63, 3.8) is 0 Å². The molecular formula is C8H14O3. The lowest BCUT2D eigenvalue weighted by Gasteiger charge is -2.14. The molecule has 0 aliphatic heterocycles. The highest BCUT2D eigenvalue weighted by atomic mass is 16.5. The third kappa shape index (κ3) is 1.71. The van der Waals surface area contributed by atoms with E-state index in [-0.39, 0.29) is 18.0 Å². The van der Waals surface area contributed by atoms with Gasteiger partial charge in [0, 0.05) is 7.11 Å².